The van der Waals surface area contributed by atoms with E-state index in [1.54, 1.807) is 0 Å². The minimum Gasteiger partial charge on any atom is -0.455 e. The summed E-state index contributed by atoms with van der Waals surface area (Å²) in [5.74, 6) is 1.61. The zero-order chi connectivity index (χ0) is 22.6. The monoisotopic (exact) mass is 455 g/mol. The molecule has 0 N–H and O–H groups in total. The van der Waals surface area contributed by atoms with Crippen molar-refractivity contribution in [3.05, 3.63) is 118 Å². The first-order valence-corrected chi connectivity index (χ1v) is 12.3. The summed E-state index contributed by atoms with van der Waals surface area (Å²) in [5.41, 5.74) is 5.70. The lowest BCUT2D eigenvalue weighted by atomic mass is 9.83. The van der Waals surface area contributed by atoms with Gasteiger partial charge in [-0.15, -0.1) is 0 Å². The summed E-state index contributed by atoms with van der Waals surface area (Å²) in [5, 5.41) is 0.695. The van der Waals surface area contributed by atoms with E-state index in [4.69, 9.17) is 16.3 Å². The molecule has 3 aromatic carbocycles. The third kappa shape index (κ3) is 4.78. The lowest BCUT2D eigenvalue weighted by molar-refractivity contribution is 0.251. The van der Waals surface area contributed by atoms with Crippen LogP contribution in [-0.4, -0.2) is 24.5 Å². The third-order valence-electron chi connectivity index (χ3n) is 6.67. The van der Waals surface area contributed by atoms with Gasteiger partial charge in [-0.25, -0.2) is 0 Å². The molecule has 0 radical (unpaired) electrons. The Kier molecular flexibility index (Phi) is 6.66. The van der Waals surface area contributed by atoms with Crippen LogP contribution >= 0.6 is 11.6 Å². The number of rotatable bonds is 4. The number of ether oxygens (including phenoxy) is 1. The largest absolute Gasteiger partial charge is 0.455 e. The highest BCUT2D eigenvalue weighted by Gasteiger charge is 2.31. The molecule has 0 bridgehead atoms. The van der Waals surface area contributed by atoms with E-state index >= 15 is 0 Å². The van der Waals surface area contributed by atoms with Gasteiger partial charge in [-0.1, -0.05) is 102 Å². The summed E-state index contributed by atoms with van der Waals surface area (Å²) in [6.07, 6.45) is 6.22. The van der Waals surface area contributed by atoms with Gasteiger partial charge in [0.2, 0.25) is 0 Å². The second-order valence-corrected chi connectivity index (χ2v) is 9.39. The molecule has 3 heteroatoms. The molecule has 168 valence electrons. The summed E-state index contributed by atoms with van der Waals surface area (Å²) < 4.78 is 6.56. The fourth-order valence-corrected chi connectivity index (χ4v) is 5.20. The maximum Gasteiger partial charge on any atom is 0.153 e. The lowest BCUT2D eigenvalue weighted by Crippen LogP contribution is -2.30. The fourth-order valence-electron chi connectivity index (χ4n) is 4.86. The number of piperidine rings is 1. The minimum atomic E-state index is 0.0163. The fraction of sp³-hybridized carbons (Fsp3) is 0.267. The van der Waals surface area contributed by atoms with Gasteiger partial charge in [-0.2, -0.15) is 0 Å². The zero-order valence-electron chi connectivity index (χ0n) is 19.1. The van der Waals surface area contributed by atoms with E-state index < -0.39 is 0 Å². The smallest absolute Gasteiger partial charge is 0.153 e. The predicted molar refractivity (Wildman–Crippen MR) is 138 cm³/mol. The van der Waals surface area contributed by atoms with Crippen molar-refractivity contribution >= 4 is 17.4 Å². The number of hydrogen-bond acceptors (Lipinski definition) is 2. The number of nitrogens with zero attached hydrogens (tertiary/aromatic N) is 1. The highest BCUT2D eigenvalue weighted by atomic mass is 35.5. The van der Waals surface area contributed by atoms with Gasteiger partial charge >= 0.3 is 0 Å². The Morgan fingerprint density at radius 2 is 1.58 bits per heavy atom. The van der Waals surface area contributed by atoms with Crippen LogP contribution in [0.1, 0.15) is 47.4 Å². The SMILES string of the molecule is Cc1ccc(C2=C(Cl)/C(=C\CN3CCCCC3)C(c3ccccc3)c3ccccc3O2)cc1. The van der Waals surface area contributed by atoms with E-state index in [9.17, 15) is 0 Å². The van der Waals surface area contributed by atoms with Gasteiger partial charge in [0.15, 0.2) is 5.76 Å². The molecule has 2 aliphatic rings. The Morgan fingerprint density at radius 1 is 0.879 bits per heavy atom. The van der Waals surface area contributed by atoms with Crippen molar-refractivity contribution in [3.63, 3.8) is 0 Å². The average Bonchev–Trinajstić information content (AvgIpc) is 2.99. The van der Waals surface area contributed by atoms with Crippen LogP contribution in [0.3, 0.4) is 0 Å². The van der Waals surface area contributed by atoms with Gasteiger partial charge in [0.05, 0.1) is 5.03 Å². The molecule has 2 nitrogen and oxygen atoms in total. The molecule has 0 saturated carbocycles. The number of likely N-dealkylation sites (tertiary alicyclic amines) is 1. The Hall–Kier alpha value is -2.81. The van der Waals surface area contributed by atoms with Gasteiger partial charge in [-0.3, -0.25) is 4.90 Å². The molecule has 0 spiro atoms. The van der Waals surface area contributed by atoms with Crippen LogP contribution in [0.2, 0.25) is 0 Å². The number of hydrogen-bond donors (Lipinski definition) is 0. The summed E-state index contributed by atoms with van der Waals surface area (Å²) in [4.78, 5) is 2.53. The number of para-hydroxylation sites is 1. The first-order chi connectivity index (χ1) is 16.2. The highest BCUT2D eigenvalue weighted by Crippen LogP contribution is 2.47. The van der Waals surface area contributed by atoms with E-state index in [0.29, 0.717) is 5.03 Å². The molecule has 1 atom stereocenters. The molecule has 0 aromatic heterocycles. The summed E-state index contributed by atoms with van der Waals surface area (Å²) >= 11 is 7.25. The first-order valence-electron chi connectivity index (χ1n) is 11.9. The maximum absolute atomic E-state index is 7.25. The predicted octanol–water partition coefficient (Wildman–Crippen LogP) is 7.54. The van der Waals surface area contributed by atoms with Gasteiger partial charge in [0.25, 0.3) is 0 Å². The molecule has 0 amide bonds. The number of fused-ring (bicyclic) bond motifs is 1. The molecule has 33 heavy (non-hydrogen) atoms. The van der Waals surface area contributed by atoms with Crippen LogP contribution in [-0.2, 0) is 0 Å². The molecule has 2 aliphatic heterocycles. The van der Waals surface area contributed by atoms with Crippen molar-refractivity contribution in [2.75, 3.05) is 19.6 Å². The molecule has 1 fully saturated rings. The van der Waals surface area contributed by atoms with Crippen molar-refractivity contribution in [2.45, 2.75) is 32.1 Å². The highest BCUT2D eigenvalue weighted by molar-refractivity contribution is 6.35. The van der Waals surface area contributed by atoms with E-state index in [0.717, 1.165) is 47.8 Å². The van der Waals surface area contributed by atoms with Crippen LogP contribution in [0.15, 0.2) is 95.5 Å². The number of benzene rings is 3. The molecule has 1 unspecified atom stereocenters. The van der Waals surface area contributed by atoms with Crippen LogP contribution in [0.4, 0.5) is 0 Å². The average molecular weight is 456 g/mol. The van der Waals surface area contributed by atoms with Gasteiger partial charge < -0.3 is 4.74 Å². The third-order valence-corrected chi connectivity index (χ3v) is 7.06. The second kappa shape index (κ2) is 9.99. The topological polar surface area (TPSA) is 12.5 Å². The van der Waals surface area contributed by atoms with Crippen LogP contribution in [0.25, 0.3) is 5.76 Å². The number of halogens is 1. The van der Waals surface area contributed by atoms with E-state index in [1.165, 1.54) is 30.4 Å². The van der Waals surface area contributed by atoms with Gasteiger partial charge in [-0.05, 0) is 50.1 Å². The van der Waals surface area contributed by atoms with Gasteiger partial charge in [0, 0.05) is 23.6 Å². The maximum atomic E-state index is 7.25. The molecule has 0 aliphatic carbocycles. The van der Waals surface area contributed by atoms with Crippen molar-refractivity contribution in [2.24, 2.45) is 0 Å². The molecule has 5 rings (SSSR count). The van der Waals surface area contributed by atoms with Crippen molar-refractivity contribution in [1.29, 1.82) is 0 Å². The molecule has 2 heterocycles. The van der Waals surface area contributed by atoms with Crippen molar-refractivity contribution in [1.82, 2.24) is 4.90 Å². The van der Waals surface area contributed by atoms with Crippen molar-refractivity contribution in [3.8, 4) is 5.75 Å². The van der Waals surface area contributed by atoms with Crippen LogP contribution in [0, 0.1) is 6.92 Å². The van der Waals surface area contributed by atoms with E-state index in [-0.39, 0.29) is 5.92 Å². The number of aryl methyl sites for hydroxylation is 1. The Morgan fingerprint density at radius 3 is 2.33 bits per heavy atom. The van der Waals surface area contributed by atoms with Crippen LogP contribution < -0.4 is 4.74 Å². The van der Waals surface area contributed by atoms with Crippen LogP contribution in [0.5, 0.6) is 5.75 Å². The molecule has 1 saturated heterocycles. The summed E-state index contributed by atoms with van der Waals surface area (Å²) in [7, 11) is 0. The van der Waals surface area contributed by atoms with Gasteiger partial charge in [0.1, 0.15) is 5.75 Å². The first kappa shape index (κ1) is 22.0. The normalized spacial score (nSPS) is 20.3. The quantitative estimate of drug-likeness (QED) is 0.403. The van der Waals surface area contributed by atoms with E-state index in [1.807, 2.05) is 6.07 Å². The standard InChI is InChI=1S/C30H30ClNO/c1-22-14-16-24(17-15-22)30-29(31)26(18-21-32-19-8-3-9-20-32)28(23-10-4-2-5-11-23)25-12-6-7-13-27(25)33-30/h2,4-7,10-18,28H,3,8-9,19-21H2,1H3/b26-18-. The molecule has 3 aromatic rings. The Bertz CT molecular complexity index is 1160. The molecular weight excluding hydrogens is 426 g/mol. The Balaban J connectivity index is 1.68. The zero-order valence-corrected chi connectivity index (χ0v) is 19.9. The summed E-state index contributed by atoms with van der Waals surface area (Å²) in [6, 6.07) is 27.4. The summed E-state index contributed by atoms with van der Waals surface area (Å²) in [6.45, 7) is 5.30. The lowest BCUT2D eigenvalue weighted by Gasteiger charge is -2.26. The Labute approximate surface area is 202 Å². The number of allylic oxidation sites excluding steroid dienone is 2. The minimum absolute atomic E-state index is 0.0163. The van der Waals surface area contributed by atoms with Crippen molar-refractivity contribution < 1.29 is 4.74 Å². The van der Waals surface area contributed by atoms with E-state index in [2.05, 4.69) is 90.7 Å². The second-order valence-electron chi connectivity index (χ2n) is 9.01. The molecular formula is C30H30ClNO.